The van der Waals surface area contributed by atoms with Gasteiger partial charge in [-0.15, -0.1) is 0 Å². The van der Waals surface area contributed by atoms with Crippen molar-refractivity contribution in [1.29, 1.82) is 0 Å². The van der Waals surface area contributed by atoms with Gasteiger partial charge in [-0.05, 0) is 12.8 Å². The van der Waals surface area contributed by atoms with Gasteiger partial charge in [-0.25, -0.2) is 4.79 Å². The first-order valence-electron chi connectivity index (χ1n) is 5.21. The van der Waals surface area contributed by atoms with Gasteiger partial charge in [0.2, 0.25) is 5.76 Å². The highest BCUT2D eigenvalue weighted by Gasteiger charge is 2.23. The van der Waals surface area contributed by atoms with Crippen LogP contribution in [0.1, 0.15) is 54.3 Å². The summed E-state index contributed by atoms with van der Waals surface area (Å²) in [5, 5.41) is 9.23. The minimum atomic E-state index is -1.06. The molecule has 0 aromatic carbocycles. The minimum absolute atomic E-state index is 0.0550. The molecule has 1 fully saturated rings. The summed E-state index contributed by atoms with van der Waals surface area (Å²) >= 11 is 5.97. The SMILES string of the molecule is O=C(O)c1cc(Cl)c(C2CCCCC2)o1. The molecule has 0 saturated heterocycles. The number of aromatic carboxylic acids is 1. The van der Waals surface area contributed by atoms with Crippen LogP contribution in [0.15, 0.2) is 10.5 Å². The summed E-state index contributed by atoms with van der Waals surface area (Å²) in [6, 6.07) is 1.40. The third-order valence-electron chi connectivity index (χ3n) is 2.90. The summed E-state index contributed by atoms with van der Waals surface area (Å²) in [5.74, 6) is -0.146. The van der Waals surface area contributed by atoms with E-state index in [1.807, 2.05) is 0 Å². The maximum atomic E-state index is 10.7. The molecule has 3 nitrogen and oxygen atoms in total. The fraction of sp³-hybridized carbons (Fsp3) is 0.545. The second-order valence-electron chi connectivity index (χ2n) is 3.96. The van der Waals surface area contributed by atoms with Crippen LogP contribution in [0.25, 0.3) is 0 Å². The molecule has 0 spiro atoms. The average Bonchev–Trinajstić information content (AvgIpc) is 2.62. The van der Waals surface area contributed by atoms with Crippen LogP contribution >= 0.6 is 11.6 Å². The lowest BCUT2D eigenvalue weighted by atomic mass is 9.87. The van der Waals surface area contributed by atoms with Crippen molar-refractivity contribution in [2.24, 2.45) is 0 Å². The number of furan rings is 1. The fourth-order valence-electron chi connectivity index (χ4n) is 2.13. The van der Waals surface area contributed by atoms with Crippen molar-refractivity contribution >= 4 is 17.6 Å². The predicted molar refractivity (Wildman–Crippen MR) is 56.5 cm³/mol. The lowest BCUT2D eigenvalue weighted by Crippen LogP contribution is -2.03. The standard InChI is InChI=1S/C11H13ClO3/c12-8-6-9(11(13)14)15-10(8)7-4-2-1-3-5-7/h6-7H,1-5H2,(H,13,14). The molecular formula is C11H13ClO3. The number of rotatable bonds is 2. The second kappa shape index (κ2) is 4.27. The highest BCUT2D eigenvalue weighted by molar-refractivity contribution is 6.31. The summed E-state index contributed by atoms with van der Waals surface area (Å²) in [7, 11) is 0. The van der Waals surface area contributed by atoms with Crippen LogP contribution in [0.4, 0.5) is 0 Å². The third kappa shape index (κ3) is 2.17. The Hall–Kier alpha value is -0.960. The van der Waals surface area contributed by atoms with E-state index in [1.54, 1.807) is 0 Å². The molecule has 1 aliphatic rings. The Morgan fingerprint density at radius 2 is 2.07 bits per heavy atom. The zero-order valence-electron chi connectivity index (χ0n) is 8.33. The number of halogens is 1. The number of hydrogen-bond donors (Lipinski definition) is 1. The van der Waals surface area contributed by atoms with E-state index < -0.39 is 5.97 Å². The molecule has 1 saturated carbocycles. The molecular weight excluding hydrogens is 216 g/mol. The van der Waals surface area contributed by atoms with Gasteiger partial charge >= 0.3 is 5.97 Å². The lowest BCUT2D eigenvalue weighted by molar-refractivity contribution is 0.0659. The maximum absolute atomic E-state index is 10.7. The molecule has 2 rings (SSSR count). The molecule has 0 amide bonds. The van der Waals surface area contributed by atoms with Gasteiger partial charge in [0.25, 0.3) is 0 Å². The van der Waals surface area contributed by atoms with Gasteiger partial charge in [-0.2, -0.15) is 0 Å². The van der Waals surface area contributed by atoms with Crippen molar-refractivity contribution < 1.29 is 14.3 Å². The van der Waals surface area contributed by atoms with Gasteiger partial charge in [-0.3, -0.25) is 0 Å². The molecule has 1 N–H and O–H groups in total. The van der Waals surface area contributed by atoms with E-state index in [1.165, 1.54) is 25.3 Å². The van der Waals surface area contributed by atoms with Crippen molar-refractivity contribution in [3.05, 3.63) is 22.6 Å². The quantitative estimate of drug-likeness (QED) is 0.840. The number of hydrogen-bond acceptors (Lipinski definition) is 2. The monoisotopic (exact) mass is 228 g/mol. The van der Waals surface area contributed by atoms with Crippen LogP contribution in [-0.2, 0) is 0 Å². The molecule has 0 bridgehead atoms. The Kier molecular flexibility index (Phi) is 3.00. The molecule has 4 heteroatoms. The molecule has 0 unspecified atom stereocenters. The highest BCUT2D eigenvalue weighted by Crippen LogP contribution is 2.37. The zero-order valence-corrected chi connectivity index (χ0v) is 9.09. The Bertz CT molecular complexity index is 364. The largest absolute Gasteiger partial charge is 0.475 e. The van der Waals surface area contributed by atoms with E-state index >= 15 is 0 Å². The molecule has 1 aromatic heterocycles. The van der Waals surface area contributed by atoms with Crippen LogP contribution in [0.3, 0.4) is 0 Å². The summed E-state index contributed by atoms with van der Waals surface area (Å²) in [6.45, 7) is 0. The first kappa shape index (κ1) is 10.6. The van der Waals surface area contributed by atoms with E-state index in [-0.39, 0.29) is 5.76 Å². The lowest BCUT2D eigenvalue weighted by Gasteiger charge is -2.19. The van der Waals surface area contributed by atoms with E-state index in [9.17, 15) is 4.79 Å². The van der Waals surface area contributed by atoms with E-state index in [0.717, 1.165) is 12.8 Å². The summed E-state index contributed by atoms with van der Waals surface area (Å²) in [4.78, 5) is 10.7. The molecule has 0 atom stereocenters. The molecule has 1 aliphatic carbocycles. The normalized spacial score (nSPS) is 17.9. The first-order chi connectivity index (χ1) is 7.18. The number of carboxylic acids is 1. The number of carbonyl (C=O) groups is 1. The zero-order chi connectivity index (χ0) is 10.8. The molecule has 0 aliphatic heterocycles. The van der Waals surface area contributed by atoms with Crippen LogP contribution in [0, 0.1) is 0 Å². The van der Waals surface area contributed by atoms with Gasteiger partial charge in [0, 0.05) is 12.0 Å². The van der Waals surface area contributed by atoms with Crippen LogP contribution in [0.5, 0.6) is 0 Å². The Labute approximate surface area is 93.0 Å². The molecule has 15 heavy (non-hydrogen) atoms. The number of carboxylic acid groups (broad SMARTS) is 1. The van der Waals surface area contributed by atoms with Gasteiger partial charge < -0.3 is 9.52 Å². The smallest absolute Gasteiger partial charge is 0.371 e. The van der Waals surface area contributed by atoms with Crippen molar-refractivity contribution in [3.8, 4) is 0 Å². The fourth-order valence-corrected chi connectivity index (χ4v) is 2.42. The Morgan fingerprint density at radius 1 is 1.40 bits per heavy atom. The second-order valence-corrected chi connectivity index (χ2v) is 4.37. The molecule has 1 heterocycles. The van der Waals surface area contributed by atoms with E-state index in [2.05, 4.69) is 0 Å². The van der Waals surface area contributed by atoms with Gasteiger partial charge in [0.1, 0.15) is 5.76 Å². The van der Waals surface area contributed by atoms with Crippen molar-refractivity contribution in [2.75, 3.05) is 0 Å². The van der Waals surface area contributed by atoms with E-state index in [4.69, 9.17) is 21.1 Å². The van der Waals surface area contributed by atoms with Crippen LogP contribution in [0.2, 0.25) is 5.02 Å². The topological polar surface area (TPSA) is 50.4 Å². The van der Waals surface area contributed by atoms with Gasteiger partial charge in [-0.1, -0.05) is 30.9 Å². The Balaban J connectivity index is 2.22. The minimum Gasteiger partial charge on any atom is -0.475 e. The first-order valence-corrected chi connectivity index (χ1v) is 5.59. The van der Waals surface area contributed by atoms with Crippen molar-refractivity contribution in [1.82, 2.24) is 0 Å². The van der Waals surface area contributed by atoms with Crippen LogP contribution < -0.4 is 0 Å². The van der Waals surface area contributed by atoms with Gasteiger partial charge in [0.05, 0.1) is 5.02 Å². The molecule has 0 radical (unpaired) electrons. The Morgan fingerprint density at radius 3 is 2.60 bits per heavy atom. The summed E-state index contributed by atoms with van der Waals surface area (Å²) < 4.78 is 5.28. The third-order valence-corrected chi connectivity index (χ3v) is 3.20. The van der Waals surface area contributed by atoms with Crippen LogP contribution in [-0.4, -0.2) is 11.1 Å². The summed E-state index contributed by atoms with van der Waals surface area (Å²) in [5.41, 5.74) is 0. The molecule has 82 valence electrons. The van der Waals surface area contributed by atoms with Crippen molar-refractivity contribution in [2.45, 2.75) is 38.0 Å². The average molecular weight is 229 g/mol. The van der Waals surface area contributed by atoms with E-state index in [0.29, 0.717) is 16.7 Å². The van der Waals surface area contributed by atoms with Crippen molar-refractivity contribution in [3.63, 3.8) is 0 Å². The summed E-state index contributed by atoms with van der Waals surface area (Å²) in [6.07, 6.45) is 5.69. The van der Waals surface area contributed by atoms with Gasteiger partial charge in [0.15, 0.2) is 0 Å². The highest BCUT2D eigenvalue weighted by atomic mass is 35.5. The predicted octanol–water partition coefficient (Wildman–Crippen LogP) is 3.68. The maximum Gasteiger partial charge on any atom is 0.371 e. The molecule has 1 aromatic rings.